The van der Waals surface area contributed by atoms with Gasteiger partial charge in [-0.3, -0.25) is 9.10 Å². The van der Waals surface area contributed by atoms with Crippen LogP contribution in [0.2, 0.25) is 5.02 Å². The van der Waals surface area contributed by atoms with Gasteiger partial charge in [0.05, 0.1) is 28.4 Å². The van der Waals surface area contributed by atoms with Gasteiger partial charge < -0.3 is 9.47 Å². The Morgan fingerprint density at radius 3 is 2.45 bits per heavy atom. The van der Waals surface area contributed by atoms with Crippen LogP contribution in [0, 0.1) is 12.7 Å². The Balaban J connectivity index is 1.50. The minimum atomic E-state index is -4.28. The number of carbonyl (C=O) groups excluding carboxylic acids is 1. The van der Waals surface area contributed by atoms with Crippen molar-refractivity contribution >= 4 is 55.4 Å². The molecule has 218 valence electrons. The predicted octanol–water partition coefficient (Wildman–Crippen LogP) is 6.48. The van der Waals surface area contributed by atoms with E-state index in [1.165, 1.54) is 43.7 Å². The van der Waals surface area contributed by atoms with Crippen LogP contribution in [0.5, 0.6) is 11.5 Å². The number of halogens is 3. The summed E-state index contributed by atoms with van der Waals surface area (Å²) >= 11 is 9.69. The normalized spacial score (nSPS) is 11.4. The standard InChI is InChI=1S/C30H26BrClFN3O5S/c1-20-11-13-23(14-12-20)42(38,39)36(27-10-6-5-9-26(27)33)18-29(37)35-34-17-21-15-24(31)30(28(16-21)40-2)41-19-22-7-3-4-8-25(22)32/h3-17H,18-19H2,1-2H3,(H,35,37)/b34-17-. The maximum atomic E-state index is 14.7. The van der Waals surface area contributed by atoms with Crippen molar-refractivity contribution in [2.75, 3.05) is 18.0 Å². The third-order valence-electron chi connectivity index (χ3n) is 6.00. The first-order valence-electron chi connectivity index (χ1n) is 12.5. The molecule has 4 rings (SSSR count). The zero-order valence-corrected chi connectivity index (χ0v) is 25.7. The summed E-state index contributed by atoms with van der Waals surface area (Å²) in [5, 5.41) is 4.53. The molecule has 0 saturated carbocycles. The van der Waals surface area contributed by atoms with E-state index in [1.54, 1.807) is 30.3 Å². The maximum Gasteiger partial charge on any atom is 0.264 e. The van der Waals surface area contributed by atoms with E-state index in [2.05, 4.69) is 26.5 Å². The van der Waals surface area contributed by atoms with Gasteiger partial charge in [-0.05, 0) is 70.9 Å². The molecule has 4 aromatic carbocycles. The van der Waals surface area contributed by atoms with E-state index in [1.807, 2.05) is 25.1 Å². The number of hydrogen-bond donors (Lipinski definition) is 1. The van der Waals surface area contributed by atoms with E-state index in [-0.39, 0.29) is 17.2 Å². The van der Waals surface area contributed by atoms with E-state index in [4.69, 9.17) is 21.1 Å². The molecule has 0 fully saturated rings. The van der Waals surface area contributed by atoms with Gasteiger partial charge >= 0.3 is 0 Å². The number of aryl methyl sites for hydroxylation is 1. The van der Waals surface area contributed by atoms with Crippen molar-refractivity contribution in [1.82, 2.24) is 5.43 Å². The highest BCUT2D eigenvalue weighted by Gasteiger charge is 2.29. The van der Waals surface area contributed by atoms with Crippen LogP contribution < -0.4 is 19.2 Å². The fourth-order valence-corrected chi connectivity index (χ4v) is 6.05. The van der Waals surface area contributed by atoms with Crippen molar-refractivity contribution in [2.24, 2.45) is 5.10 Å². The van der Waals surface area contributed by atoms with Crippen LogP contribution in [0.1, 0.15) is 16.7 Å². The fraction of sp³-hybridized carbons (Fsp3) is 0.133. The number of anilines is 1. The molecule has 0 radical (unpaired) electrons. The fourth-order valence-electron chi connectivity index (χ4n) is 3.86. The number of sulfonamides is 1. The first-order chi connectivity index (χ1) is 20.1. The number of nitrogens with one attached hydrogen (secondary N) is 1. The van der Waals surface area contributed by atoms with E-state index in [0.29, 0.717) is 30.9 Å². The zero-order chi connectivity index (χ0) is 30.3. The Kier molecular flexibility index (Phi) is 10.2. The average Bonchev–Trinajstić information content (AvgIpc) is 2.96. The molecular weight excluding hydrogens is 649 g/mol. The highest BCUT2D eigenvalue weighted by atomic mass is 79.9. The molecule has 8 nitrogen and oxygen atoms in total. The summed E-state index contributed by atoms with van der Waals surface area (Å²) < 4.78 is 54.2. The lowest BCUT2D eigenvalue weighted by molar-refractivity contribution is -0.119. The molecule has 0 bridgehead atoms. The van der Waals surface area contributed by atoms with Crippen molar-refractivity contribution in [3.63, 3.8) is 0 Å². The molecule has 12 heteroatoms. The molecule has 0 unspecified atom stereocenters. The quantitative estimate of drug-likeness (QED) is 0.145. The summed E-state index contributed by atoms with van der Waals surface area (Å²) in [4.78, 5) is 12.8. The van der Waals surface area contributed by atoms with E-state index < -0.39 is 28.3 Å². The summed E-state index contributed by atoms with van der Waals surface area (Å²) in [5.41, 5.74) is 4.24. The van der Waals surface area contributed by atoms with Gasteiger partial charge in [-0.25, -0.2) is 18.2 Å². The lowest BCUT2D eigenvalue weighted by Crippen LogP contribution is -2.40. The minimum absolute atomic E-state index is 0.0820. The number of benzene rings is 4. The topological polar surface area (TPSA) is 97.3 Å². The van der Waals surface area contributed by atoms with Crippen LogP contribution in [0.3, 0.4) is 0 Å². The number of amides is 1. The van der Waals surface area contributed by atoms with Gasteiger partial charge in [0.15, 0.2) is 11.5 Å². The number of nitrogens with zero attached hydrogens (tertiary/aromatic N) is 2. The predicted molar refractivity (Wildman–Crippen MR) is 164 cm³/mol. The van der Waals surface area contributed by atoms with E-state index in [9.17, 15) is 17.6 Å². The maximum absolute atomic E-state index is 14.7. The molecule has 0 atom stereocenters. The van der Waals surface area contributed by atoms with Crippen molar-refractivity contribution in [1.29, 1.82) is 0 Å². The minimum Gasteiger partial charge on any atom is -0.493 e. The lowest BCUT2D eigenvalue weighted by atomic mass is 10.2. The highest BCUT2D eigenvalue weighted by Crippen LogP contribution is 2.37. The summed E-state index contributed by atoms with van der Waals surface area (Å²) in [7, 11) is -2.79. The van der Waals surface area contributed by atoms with Crippen molar-refractivity contribution in [2.45, 2.75) is 18.4 Å². The van der Waals surface area contributed by atoms with Crippen LogP contribution in [0.15, 0.2) is 99.4 Å². The van der Waals surface area contributed by atoms with Crippen molar-refractivity contribution < 1.29 is 27.1 Å². The number of rotatable bonds is 11. The smallest absolute Gasteiger partial charge is 0.264 e. The Bertz CT molecular complexity index is 1720. The highest BCUT2D eigenvalue weighted by molar-refractivity contribution is 9.10. The molecule has 0 aliphatic rings. The van der Waals surface area contributed by atoms with Crippen LogP contribution in [-0.4, -0.2) is 34.2 Å². The van der Waals surface area contributed by atoms with Crippen LogP contribution >= 0.6 is 27.5 Å². The molecular formula is C30H26BrClFN3O5S. The molecule has 4 aromatic rings. The summed E-state index contributed by atoms with van der Waals surface area (Å²) in [6.45, 7) is 1.31. The SMILES string of the molecule is COc1cc(/C=N\NC(=O)CN(c2ccccc2F)S(=O)(=O)c2ccc(C)cc2)cc(Br)c1OCc1ccccc1Cl. The van der Waals surface area contributed by atoms with E-state index in [0.717, 1.165) is 17.2 Å². The summed E-state index contributed by atoms with van der Waals surface area (Å²) in [5.74, 6) is -0.728. The van der Waals surface area contributed by atoms with Crippen LogP contribution in [-0.2, 0) is 21.4 Å². The number of methoxy groups -OCH3 is 1. The van der Waals surface area contributed by atoms with Gasteiger partial charge in [-0.2, -0.15) is 5.10 Å². The number of hydrogen-bond acceptors (Lipinski definition) is 6. The molecule has 0 aromatic heterocycles. The molecule has 0 spiro atoms. The van der Waals surface area contributed by atoms with Gasteiger partial charge in [0.1, 0.15) is 19.0 Å². The number of hydrazone groups is 1. The van der Waals surface area contributed by atoms with Gasteiger partial charge in [0.2, 0.25) is 0 Å². The second kappa shape index (κ2) is 13.8. The average molecular weight is 675 g/mol. The third-order valence-corrected chi connectivity index (χ3v) is 8.73. The Morgan fingerprint density at radius 2 is 1.76 bits per heavy atom. The Morgan fingerprint density at radius 1 is 1.07 bits per heavy atom. The summed E-state index contributed by atoms with van der Waals surface area (Å²) in [6, 6.07) is 22.0. The largest absolute Gasteiger partial charge is 0.493 e. The number of carbonyl (C=O) groups is 1. The molecule has 0 heterocycles. The third kappa shape index (κ3) is 7.47. The zero-order valence-electron chi connectivity index (χ0n) is 22.6. The van der Waals surface area contributed by atoms with E-state index >= 15 is 0 Å². The first-order valence-corrected chi connectivity index (χ1v) is 15.1. The van der Waals surface area contributed by atoms with Crippen LogP contribution in [0.25, 0.3) is 0 Å². The first kappa shape index (κ1) is 31.0. The van der Waals surface area contributed by atoms with Gasteiger partial charge in [0, 0.05) is 10.6 Å². The molecule has 42 heavy (non-hydrogen) atoms. The van der Waals surface area contributed by atoms with Crippen molar-refractivity contribution in [3.05, 3.63) is 117 Å². The Labute approximate surface area is 256 Å². The summed E-state index contributed by atoms with van der Waals surface area (Å²) in [6.07, 6.45) is 1.35. The Hall–Kier alpha value is -3.93. The molecule has 0 saturated heterocycles. The van der Waals surface area contributed by atoms with Gasteiger partial charge in [0.25, 0.3) is 15.9 Å². The second-order valence-electron chi connectivity index (χ2n) is 8.98. The van der Waals surface area contributed by atoms with Gasteiger partial charge in [-0.15, -0.1) is 0 Å². The van der Waals surface area contributed by atoms with Crippen molar-refractivity contribution in [3.8, 4) is 11.5 Å². The lowest BCUT2D eigenvalue weighted by Gasteiger charge is -2.24. The second-order valence-corrected chi connectivity index (χ2v) is 12.1. The molecule has 0 aliphatic carbocycles. The number of ether oxygens (including phenoxy) is 2. The van der Waals surface area contributed by atoms with Crippen LogP contribution in [0.4, 0.5) is 10.1 Å². The van der Waals surface area contributed by atoms with Gasteiger partial charge in [-0.1, -0.05) is 59.6 Å². The monoisotopic (exact) mass is 673 g/mol. The molecule has 1 N–H and O–H groups in total. The number of para-hydroxylation sites is 1. The molecule has 0 aliphatic heterocycles. The molecule has 1 amide bonds.